The van der Waals surface area contributed by atoms with E-state index in [2.05, 4.69) is 46.1 Å². The number of hydrogen-bond acceptors (Lipinski definition) is 2. The molecule has 14 heavy (non-hydrogen) atoms. The Balaban J connectivity index is 2.24. The molecule has 0 saturated carbocycles. The lowest BCUT2D eigenvalue weighted by Crippen LogP contribution is -2.53. The quantitative estimate of drug-likeness (QED) is 0.878. The Morgan fingerprint density at radius 2 is 2.43 bits per heavy atom. The lowest BCUT2D eigenvalue weighted by molar-refractivity contribution is 0.0986. The van der Waals surface area contributed by atoms with Gasteiger partial charge in [-0.05, 0) is 39.4 Å². The lowest BCUT2D eigenvalue weighted by Gasteiger charge is -2.48. The van der Waals surface area contributed by atoms with E-state index in [0.29, 0.717) is 11.5 Å². The summed E-state index contributed by atoms with van der Waals surface area (Å²) in [7, 11) is 0. The molecule has 0 amide bonds. The number of halogens is 1. The van der Waals surface area contributed by atoms with Gasteiger partial charge in [0.2, 0.25) is 0 Å². The van der Waals surface area contributed by atoms with E-state index in [1.807, 2.05) is 12.4 Å². The van der Waals surface area contributed by atoms with Gasteiger partial charge in [-0.1, -0.05) is 13.8 Å². The summed E-state index contributed by atoms with van der Waals surface area (Å²) >= 11 is 3.45. The van der Waals surface area contributed by atoms with Crippen LogP contribution in [0.15, 0.2) is 22.9 Å². The Morgan fingerprint density at radius 1 is 1.64 bits per heavy atom. The summed E-state index contributed by atoms with van der Waals surface area (Å²) in [6.45, 7) is 5.69. The largest absolute Gasteiger partial charge is 0.309 e. The van der Waals surface area contributed by atoms with Crippen LogP contribution in [0.3, 0.4) is 0 Å². The molecule has 0 aromatic carbocycles. The Morgan fingerprint density at radius 3 is 2.93 bits per heavy atom. The highest BCUT2D eigenvalue weighted by atomic mass is 79.9. The van der Waals surface area contributed by atoms with Crippen molar-refractivity contribution in [3.8, 4) is 0 Å². The highest BCUT2D eigenvalue weighted by Crippen LogP contribution is 2.43. The lowest BCUT2D eigenvalue weighted by atomic mass is 9.71. The molecule has 1 aliphatic heterocycles. The van der Waals surface area contributed by atoms with Gasteiger partial charge in [-0.25, -0.2) is 0 Å². The summed E-state index contributed by atoms with van der Waals surface area (Å²) in [4.78, 5) is 4.20. The maximum Gasteiger partial charge on any atom is 0.0410 e. The number of rotatable bonds is 2. The monoisotopic (exact) mass is 254 g/mol. The fourth-order valence-corrected chi connectivity index (χ4v) is 2.37. The zero-order valence-corrected chi connectivity index (χ0v) is 10.1. The zero-order valence-electron chi connectivity index (χ0n) is 8.55. The maximum atomic E-state index is 4.20. The number of nitrogens with zero attached hydrogens (tertiary/aromatic N) is 1. The summed E-state index contributed by atoms with van der Waals surface area (Å²) in [6.07, 6.45) is 4.98. The first kappa shape index (κ1) is 10.1. The van der Waals surface area contributed by atoms with Crippen molar-refractivity contribution in [3.63, 3.8) is 0 Å². The first-order valence-corrected chi connectivity index (χ1v) is 5.79. The second-order valence-corrected chi connectivity index (χ2v) is 5.17. The molecular weight excluding hydrogens is 240 g/mol. The summed E-state index contributed by atoms with van der Waals surface area (Å²) in [6, 6.07) is 2.62. The second kappa shape index (κ2) is 3.63. The topological polar surface area (TPSA) is 24.9 Å². The summed E-state index contributed by atoms with van der Waals surface area (Å²) in [5.41, 5.74) is 1.69. The molecule has 0 spiro atoms. The Hall–Kier alpha value is -0.410. The second-order valence-electron chi connectivity index (χ2n) is 4.26. The SMILES string of the molecule is CCC1(C)CNC1c1cncc(Br)c1. The van der Waals surface area contributed by atoms with Gasteiger partial charge in [0.15, 0.2) is 0 Å². The molecule has 2 unspecified atom stereocenters. The third kappa shape index (κ3) is 1.59. The molecule has 1 fully saturated rings. The Bertz CT molecular complexity index is 336. The highest BCUT2D eigenvalue weighted by Gasteiger charge is 2.41. The minimum Gasteiger partial charge on any atom is -0.309 e. The number of hydrogen-bond donors (Lipinski definition) is 1. The van der Waals surface area contributed by atoms with E-state index in [9.17, 15) is 0 Å². The van der Waals surface area contributed by atoms with Gasteiger partial charge in [-0.15, -0.1) is 0 Å². The van der Waals surface area contributed by atoms with Crippen LogP contribution in [0.25, 0.3) is 0 Å². The molecule has 1 aliphatic rings. The Labute approximate surface area is 93.3 Å². The van der Waals surface area contributed by atoms with Crippen LogP contribution in [-0.4, -0.2) is 11.5 Å². The van der Waals surface area contributed by atoms with Gasteiger partial charge in [-0.3, -0.25) is 4.98 Å². The van der Waals surface area contributed by atoms with Crippen LogP contribution in [0.4, 0.5) is 0 Å². The van der Waals surface area contributed by atoms with Gasteiger partial charge in [-0.2, -0.15) is 0 Å². The summed E-state index contributed by atoms with van der Waals surface area (Å²) in [5, 5.41) is 3.47. The van der Waals surface area contributed by atoms with Crippen molar-refractivity contribution in [1.82, 2.24) is 10.3 Å². The van der Waals surface area contributed by atoms with Crippen molar-refractivity contribution < 1.29 is 0 Å². The van der Waals surface area contributed by atoms with Crippen LogP contribution in [0.1, 0.15) is 31.9 Å². The van der Waals surface area contributed by atoms with Crippen LogP contribution in [0, 0.1) is 5.41 Å². The minimum atomic E-state index is 0.405. The van der Waals surface area contributed by atoms with Gasteiger partial charge in [0.1, 0.15) is 0 Å². The van der Waals surface area contributed by atoms with E-state index >= 15 is 0 Å². The van der Waals surface area contributed by atoms with Gasteiger partial charge >= 0.3 is 0 Å². The molecule has 1 aromatic rings. The van der Waals surface area contributed by atoms with Crippen molar-refractivity contribution in [2.75, 3.05) is 6.54 Å². The van der Waals surface area contributed by atoms with Crippen molar-refractivity contribution in [2.45, 2.75) is 26.3 Å². The molecule has 1 saturated heterocycles. The first-order valence-electron chi connectivity index (χ1n) is 4.99. The predicted molar refractivity (Wildman–Crippen MR) is 61.1 cm³/mol. The Kier molecular flexibility index (Phi) is 2.62. The fraction of sp³-hybridized carbons (Fsp3) is 0.545. The standard InChI is InChI=1S/C11H15BrN2/c1-3-11(2)7-14-10(11)8-4-9(12)6-13-5-8/h4-6,10,14H,3,7H2,1-2H3. The van der Waals surface area contributed by atoms with Crippen LogP contribution in [-0.2, 0) is 0 Å². The van der Waals surface area contributed by atoms with Crippen molar-refractivity contribution in [1.29, 1.82) is 0 Å². The fourth-order valence-electron chi connectivity index (χ4n) is 1.99. The van der Waals surface area contributed by atoms with E-state index in [1.54, 1.807) is 0 Å². The molecule has 3 heteroatoms. The molecule has 0 aliphatic carbocycles. The van der Waals surface area contributed by atoms with E-state index in [0.717, 1.165) is 11.0 Å². The third-order valence-corrected chi connectivity index (χ3v) is 3.71. The molecule has 0 radical (unpaired) electrons. The van der Waals surface area contributed by atoms with Crippen molar-refractivity contribution >= 4 is 15.9 Å². The molecule has 2 nitrogen and oxygen atoms in total. The number of pyridine rings is 1. The average molecular weight is 255 g/mol. The average Bonchev–Trinajstić information content (AvgIpc) is 2.15. The van der Waals surface area contributed by atoms with Crippen LogP contribution < -0.4 is 5.32 Å². The van der Waals surface area contributed by atoms with Crippen LogP contribution in [0.2, 0.25) is 0 Å². The van der Waals surface area contributed by atoms with E-state index in [4.69, 9.17) is 0 Å². The van der Waals surface area contributed by atoms with Gasteiger partial charge in [0, 0.05) is 29.5 Å². The molecule has 2 heterocycles. The molecular formula is C11H15BrN2. The smallest absolute Gasteiger partial charge is 0.0410 e. The van der Waals surface area contributed by atoms with Gasteiger partial charge in [0.25, 0.3) is 0 Å². The molecule has 76 valence electrons. The van der Waals surface area contributed by atoms with Gasteiger partial charge in [0.05, 0.1) is 0 Å². The number of nitrogens with one attached hydrogen (secondary N) is 1. The maximum absolute atomic E-state index is 4.20. The van der Waals surface area contributed by atoms with Gasteiger partial charge < -0.3 is 5.32 Å². The van der Waals surface area contributed by atoms with Crippen molar-refractivity contribution in [3.05, 3.63) is 28.5 Å². The highest BCUT2D eigenvalue weighted by molar-refractivity contribution is 9.10. The molecule has 2 rings (SSSR count). The minimum absolute atomic E-state index is 0.405. The predicted octanol–water partition coefficient (Wildman–Crippen LogP) is 2.90. The number of aromatic nitrogens is 1. The van der Waals surface area contributed by atoms with E-state index in [-0.39, 0.29) is 0 Å². The van der Waals surface area contributed by atoms with Crippen LogP contribution >= 0.6 is 15.9 Å². The normalized spacial score (nSPS) is 31.2. The molecule has 2 atom stereocenters. The van der Waals surface area contributed by atoms with E-state index < -0.39 is 0 Å². The van der Waals surface area contributed by atoms with Crippen molar-refractivity contribution in [2.24, 2.45) is 5.41 Å². The summed E-state index contributed by atoms with van der Waals surface area (Å²) < 4.78 is 1.06. The molecule has 0 bridgehead atoms. The van der Waals surface area contributed by atoms with Crippen LogP contribution in [0.5, 0.6) is 0 Å². The van der Waals surface area contributed by atoms with E-state index in [1.165, 1.54) is 12.0 Å². The third-order valence-electron chi connectivity index (χ3n) is 3.27. The summed E-state index contributed by atoms with van der Waals surface area (Å²) in [5.74, 6) is 0. The molecule has 1 aromatic heterocycles. The first-order chi connectivity index (χ1) is 6.65. The zero-order chi connectivity index (χ0) is 10.2. The molecule has 1 N–H and O–H groups in total.